The largest absolute Gasteiger partial charge is 0.324 e. The normalized spacial score (nSPS) is 11.5. The van der Waals surface area contributed by atoms with Gasteiger partial charge in [0.2, 0.25) is 0 Å². The third-order valence-electron chi connectivity index (χ3n) is 4.56. The highest BCUT2D eigenvalue weighted by Gasteiger charge is 2.21. The van der Waals surface area contributed by atoms with Gasteiger partial charge in [0.1, 0.15) is 5.82 Å². The summed E-state index contributed by atoms with van der Waals surface area (Å²) in [5.41, 5.74) is 3.67. The third-order valence-corrected chi connectivity index (χ3v) is 4.56. The molecule has 0 spiro atoms. The lowest BCUT2D eigenvalue weighted by molar-refractivity contribution is 0.262. The molecule has 2 N–H and O–H groups in total. The molecule has 0 aliphatic rings. The monoisotopic (exact) mass is 376 g/mol. The molecule has 0 bridgehead atoms. The summed E-state index contributed by atoms with van der Waals surface area (Å²) in [5, 5.41) is 10.5. The maximum absolute atomic E-state index is 12.6. The topological polar surface area (TPSA) is 59.0 Å². The maximum atomic E-state index is 12.6. The fraction of sp³-hybridized carbons (Fsp3) is 0.304. The molecule has 3 aromatic rings. The van der Waals surface area contributed by atoms with Gasteiger partial charge in [-0.15, -0.1) is 0 Å². The van der Waals surface area contributed by atoms with Gasteiger partial charge in [-0.25, -0.2) is 9.48 Å². The Kier molecular flexibility index (Phi) is 5.54. The first-order chi connectivity index (χ1) is 13.2. The van der Waals surface area contributed by atoms with Crippen molar-refractivity contribution < 1.29 is 4.79 Å². The summed E-state index contributed by atoms with van der Waals surface area (Å²) < 4.78 is 1.77. The van der Waals surface area contributed by atoms with Crippen LogP contribution in [0.4, 0.5) is 16.3 Å². The number of hydrogen-bond donors (Lipinski definition) is 2. The Morgan fingerprint density at radius 1 is 0.964 bits per heavy atom. The molecule has 146 valence electrons. The number of hydrogen-bond acceptors (Lipinski definition) is 2. The fourth-order valence-corrected chi connectivity index (χ4v) is 2.83. The number of carbonyl (C=O) groups is 1. The molecule has 0 atom stereocenters. The zero-order valence-electron chi connectivity index (χ0n) is 17.2. The van der Waals surface area contributed by atoms with Crippen molar-refractivity contribution in [2.24, 2.45) is 0 Å². The minimum Gasteiger partial charge on any atom is -0.308 e. The number of urea groups is 1. The minimum atomic E-state index is -0.296. The lowest BCUT2D eigenvalue weighted by Gasteiger charge is -2.14. The Labute approximate surface area is 166 Å². The van der Waals surface area contributed by atoms with Crippen LogP contribution in [0.3, 0.4) is 0 Å². The van der Waals surface area contributed by atoms with Gasteiger partial charge in [-0.3, -0.25) is 5.32 Å². The Morgan fingerprint density at radius 3 is 2.18 bits per heavy atom. The number of para-hydroxylation sites is 1. The Balaban J connectivity index is 1.82. The van der Waals surface area contributed by atoms with Crippen molar-refractivity contribution in [1.29, 1.82) is 0 Å². The molecular formula is C23H28N4O. The second-order valence-electron chi connectivity index (χ2n) is 8.27. The van der Waals surface area contributed by atoms with E-state index in [2.05, 4.69) is 45.3 Å². The quantitative estimate of drug-likeness (QED) is 0.592. The van der Waals surface area contributed by atoms with Gasteiger partial charge in [-0.1, -0.05) is 65.0 Å². The maximum Gasteiger partial charge on any atom is 0.324 e. The van der Waals surface area contributed by atoms with Gasteiger partial charge in [-0.05, 0) is 35.7 Å². The van der Waals surface area contributed by atoms with Crippen LogP contribution in [0.5, 0.6) is 0 Å². The van der Waals surface area contributed by atoms with Crippen molar-refractivity contribution in [2.45, 2.75) is 46.0 Å². The number of carbonyl (C=O) groups excluding carboxylic acids is 1. The van der Waals surface area contributed by atoms with Crippen LogP contribution in [-0.4, -0.2) is 15.8 Å². The van der Waals surface area contributed by atoms with Crippen LogP contribution in [-0.2, 0) is 5.41 Å². The van der Waals surface area contributed by atoms with Gasteiger partial charge in [0.05, 0.1) is 11.4 Å². The minimum absolute atomic E-state index is 0.125. The van der Waals surface area contributed by atoms with E-state index in [1.807, 2.05) is 60.7 Å². The molecule has 3 rings (SSSR count). The number of nitrogens with zero attached hydrogens (tertiary/aromatic N) is 2. The lowest BCUT2D eigenvalue weighted by Crippen LogP contribution is -2.21. The van der Waals surface area contributed by atoms with Crippen molar-refractivity contribution in [2.75, 3.05) is 10.6 Å². The average molecular weight is 377 g/mol. The van der Waals surface area contributed by atoms with Crippen LogP contribution < -0.4 is 10.6 Å². The summed E-state index contributed by atoms with van der Waals surface area (Å²) in [5.74, 6) is 1.09. The van der Waals surface area contributed by atoms with E-state index in [9.17, 15) is 4.79 Å². The molecule has 2 amide bonds. The zero-order chi connectivity index (χ0) is 20.3. The fourth-order valence-electron chi connectivity index (χ4n) is 2.83. The average Bonchev–Trinajstić information content (AvgIpc) is 3.07. The van der Waals surface area contributed by atoms with Gasteiger partial charge >= 0.3 is 6.03 Å². The molecule has 0 unspecified atom stereocenters. The van der Waals surface area contributed by atoms with E-state index in [0.29, 0.717) is 11.7 Å². The lowest BCUT2D eigenvalue weighted by atomic mass is 9.92. The zero-order valence-corrected chi connectivity index (χ0v) is 17.2. The molecule has 0 fully saturated rings. The molecule has 5 nitrogen and oxygen atoms in total. The summed E-state index contributed by atoms with van der Waals surface area (Å²) in [7, 11) is 0. The molecule has 1 heterocycles. The van der Waals surface area contributed by atoms with Gasteiger partial charge in [0.25, 0.3) is 0 Å². The molecule has 0 saturated carbocycles. The summed E-state index contributed by atoms with van der Waals surface area (Å²) in [4.78, 5) is 12.6. The Bertz CT molecular complexity index is 935. The molecular weight excluding hydrogens is 348 g/mol. The van der Waals surface area contributed by atoms with E-state index in [0.717, 1.165) is 17.1 Å². The van der Waals surface area contributed by atoms with Gasteiger partial charge in [0, 0.05) is 17.2 Å². The van der Waals surface area contributed by atoms with E-state index in [1.165, 1.54) is 5.56 Å². The molecule has 1 aromatic heterocycles. The number of nitrogens with one attached hydrogen (secondary N) is 2. The van der Waals surface area contributed by atoms with Crippen LogP contribution in [0.25, 0.3) is 5.69 Å². The van der Waals surface area contributed by atoms with Gasteiger partial charge < -0.3 is 5.32 Å². The van der Waals surface area contributed by atoms with Crippen molar-refractivity contribution >= 4 is 17.5 Å². The highest BCUT2D eigenvalue weighted by molar-refractivity contribution is 5.99. The van der Waals surface area contributed by atoms with Crippen LogP contribution >= 0.6 is 0 Å². The first-order valence-electron chi connectivity index (χ1n) is 9.58. The summed E-state index contributed by atoms with van der Waals surface area (Å²) in [6.45, 7) is 10.6. The number of benzene rings is 2. The molecule has 2 aromatic carbocycles. The van der Waals surface area contributed by atoms with Crippen LogP contribution in [0, 0.1) is 0 Å². The second kappa shape index (κ2) is 7.89. The first kappa shape index (κ1) is 19.7. The number of anilines is 2. The molecule has 0 saturated heterocycles. The highest BCUT2D eigenvalue weighted by atomic mass is 16.2. The SMILES string of the molecule is CC(C)c1ccc(NC(=O)Nc2cc(C(C)(C)C)nn2-c2ccccc2)cc1. The van der Waals surface area contributed by atoms with Crippen molar-refractivity contribution in [3.8, 4) is 5.69 Å². The Hall–Kier alpha value is -3.08. The molecule has 0 aliphatic heterocycles. The van der Waals surface area contributed by atoms with E-state index in [-0.39, 0.29) is 11.4 Å². The second-order valence-corrected chi connectivity index (χ2v) is 8.27. The van der Waals surface area contributed by atoms with E-state index in [4.69, 9.17) is 5.10 Å². The number of amides is 2. The van der Waals surface area contributed by atoms with Gasteiger partial charge in [-0.2, -0.15) is 5.10 Å². The highest BCUT2D eigenvalue weighted by Crippen LogP contribution is 2.26. The Morgan fingerprint density at radius 2 is 1.61 bits per heavy atom. The van der Waals surface area contributed by atoms with Crippen molar-refractivity contribution in [3.63, 3.8) is 0 Å². The van der Waals surface area contributed by atoms with Crippen LogP contribution in [0.1, 0.15) is 51.8 Å². The smallest absolute Gasteiger partial charge is 0.308 e. The summed E-state index contributed by atoms with van der Waals surface area (Å²) >= 11 is 0. The molecule has 0 aliphatic carbocycles. The van der Waals surface area contributed by atoms with Crippen LogP contribution in [0.15, 0.2) is 60.7 Å². The van der Waals surface area contributed by atoms with Crippen LogP contribution in [0.2, 0.25) is 0 Å². The predicted molar refractivity (Wildman–Crippen MR) is 115 cm³/mol. The summed E-state index contributed by atoms with van der Waals surface area (Å²) in [6, 6.07) is 19.3. The molecule has 0 radical (unpaired) electrons. The van der Waals surface area contributed by atoms with Gasteiger partial charge in [0.15, 0.2) is 0 Å². The number of aromatic nitrogens is 2. The first-order valence-corrected chi connectivity index (χ1v) is 9.58. The van der Waals surface area contributed by atoms with Crippen molar-refractivity contribution in [3.05, 3.63) is 71.9 Å². The van der Waals surface area contributed by atoms with E-state index in [1.54, 1.807) is 4.68 Å². The van der Waals surface area contributed by atoms with E-state index >= 15 is 0 Å². The standard InChI is InChI=1S/C23H28N4O/c1-16(2)17-11-13-18(14-12-17)24-22(28)25-21-15-20(23(3,4)5)26-27(21)19-9-7-6-8-10-19/h6-16H,1-5H3,(H2,24,25,28). The summed E-state index contributed by atoms with van der Waals surface area (Å²) in [6.07, 6.45) is 0. The van der Waals surface area contributed by atoms with E-state index < -0.39 is 0 Å². The third kappa shape index (κ3) is 4.60. The number of rotatable bonds is 4. The molecule has 28 heavy (non-hydrogen) atoms. The predicted octanol–water partition coefficient (Wildman–Crippen LogP) is 5.94. The van der Waals surface area contributed by atoms with Crippen molar-refractivity contribution in [1.82, 2.24) is 9.78 Å². The molecule has 5 heteroatoms.